The van der Waals surface area contributed by atoms with Gasteiger partial charge in [0.15, 0.2) is 0 Å². The van der Waals surface area contributed by atoms with E-state index in [1.807, 2.05) is 0 Å². The van der Waals surface area contributed by atoms with Crippen LogP contribution in [0.2, 0.25) is 0 Å². The quantitative estimate of drug-likeness (QED) is 0.622. The third kappa shape index (κ3) is 9.98. The molecular formula is C5H15BrNP. The summed E-state index contributed by atoms with van der Waals surface area (Å²) in [7, 11) is 6.91. The molecule has 1 unspecified atom stereocenters. The van der Waals surface area contributed by atoms with Crippen LogP contribution in [0.5, 0.6) is 0 Å². The summed E-state index contributed by atoms with van der Waals surface area (Å²) in [5.74, 6) is 0. The first-order chi connectivity index (χ1) is 3.27. The molecule has 0 N–H and O–H groups in total. The Bertz CT molecular complexity index is 41.4. The van der Waals surface area contributed by atoms with Gasteiger partial charge in [0, 0.05) is 0 Å². The van der Waals surface area contributed by atoms with Gasteiger partial charge in [-0.25, -0.2) is 0 Å². The lowest BCUT2D eigenvalue weighted by molar-refractivity contribution is 0.410. The standard InChI is InChI=1S/C5H14NP.BrH/c1-6(2)4-3-5-7;/h3-5,7H2,1-2H3;1H. The predicted molar refractivity (Wildman–Crippen MR) is 48.1 cm³/mol. The Labute approximate surface area is 64.8 Å². The van der Waals surface area contributed by atoms with E-state index in [-0.39, 0.29) is 17.0 Å². The number of halogens is 1. The third-order valence-electron chi connectivity index (χ3n) is 0.809. The lowest BCUT2D eigenvalue weighted by Crippen LogP contribution is -2.12. The summed E-state index contributed by atoms with van der Waals surface area (Å²) in [6.07, 6.45) is 2.51. The Hall–Kier alpha value is 0.870. The zero-order chi connectivity index (χ0) is 5.70. The Morgan fingerprint density at radius 1 is 1.38 bits per heavy atom. The van der Waals surface area contributed by atoms with Crippen LogP contribution in [-0.4, -0.2) is 31.7 Å². The highest BCUT2D eigenvalue weighted by atomic mass is 79.9. The van der Waals surface area contributed by atoms with E-state index in [2.05, 4.69) is 28.2 Å². The van der Waals surface area contributed by atoms with Crippen LogP contribution in [0.1, 0.15) is 6.42 Å². The molecule has 0 rings (SSSR count). The normalized spacial score (nSPS) is 9.00. The van der Waals surface area contributed by atoms with Crippen LogP contribution in [0.3, 0.4) is 0 Å². The van der Waals surface area contributed by atoms with Gasteiger partial charge in [-0.2, -0.15) is 0 Å². The van der Waals surface area contributed by atoms with Crippen molar-refractivity contribution < 1.29 is 0 Å². The number of rotatable bonds is 3. The summed E-state index contributed by atoms with van der Waals surface area (Å²) in [6.45, 7) is 1.21. The Morgan fingerprint density at radius 3 is 2.00 bits per heavy atom. The maximum Gasteiger partial charge on any atom is -0.00217 e. The van der Waals surface area contributed by atoms with Gasteiger partial charge < -0.3 is 4.90 Å². The van der Waals surface area contributed by atoms with E-state index in [4.69, 9.17) is 0 Å². The predicted octanol–water partition coefficient (Wildman–Crippen LogP) is 1.39. The molecule has 52 valence electrons. The first kappa shape index (κ1) is 11.6. The fraction of sp³-hybridized carbons (Fsp3) is 1.00. The van der Waals surface area contributed by atoms with Crippen LogP contribution in [0.15, 0.2) is 0 Å². The van der Waals surface area contributed by atoms with Crippen LogP contribution in [0.25, 0.3) is 0 Å². The Morgan fingerprint density at radius 2 is 1.88 bits per heavy atom. The highest BCUT2D eigenvalue weighted by molar-refractivity contribution is 8.93. The zero-order valence-corrected chi connectivity index (χ0v) is 8.42. The molecule has 0 spiro atoms. The topological polar surface area (TPSA) is 3.24 Å². The number of nitrogens with zero attached hydrogens (tertiary/aromatic N) is 1. The molecule has 0 amide bonds. The first-order valence-corrected chi connectivity index (χ1v) is 3.44. The maximum absolute atomic E-state index is 2.72. The van der Waals surface area contributed by atoms with Crippen molar-refractivity contribution in [3.05, 3.63) is 0 Å². The summed E-state index contributed by atoms with van der Waals surface area (Å²) in [5, 5.41) is 0. The van der Waals surface area contributed by atoms with E-state index in [0.29, 0.717) is 0 Å². The van der Waals surface area contributed by atoms with Gasteiger partial charge in [0.2, 0.25) is 0 Å². The lowest BCUT2D eigenvalue weighted by Gasteiger charge is -2.05. The molecule has 0 bridgehead atoms. The van der Waals surface area contributed by atoms with E-state index in [1.165, 1.54) is 19.1 Å². The average Bonchev–Trinajstić information content (AvgIpc) is 1.61. The second-order valence-electron chi connectivity index (χ2n) is 1.95. The molecule has 0 aliphatic rings. The summed E-state index contributed by atoms with van der Waals surface area (Å²) >= 11 is 0. The molecule has 0 aliphatic carbocycles. The smallest absolute Gasteiger partial charge is 0.00217 e. The minimum absolute atomic E-state index is 0. The second-order valence-corrected chi connectivity index (χ2v) is 2.52. The van der Waals surface area contributed by atoms with Crippen molar-refractivity contribution in [3.8, 4) is 0 Å². The molecule has 0 fully saturated rings. The van der Waals surface area contributed by atoms with Crippen molar-refractivity contribution in [3.63, 3.8) is 0 Å². The average molecular weight is 200 g/mol. The summed E-state index contributed by atoms with van der Waals surface area (Å²) in [6, 6.07) is 0. The van der Waals surface area contributed by atoms with Crippen LogP contribution >= 0.6 is 26.2 Å². The van der Waals surface area contributed by atoms with E-state index in [0.717, 1.165) is 0 Å². The van der Waals surface area contributed by atoms with Gasteiger partial charge in [0.1, 0.15) is 0 Å². The molecule has 0 aliphatic heterocycles. The molecule has 1 atom stereocenters. The van der Waals surface area contributed by atoms with Crippen molar-refractivity contribution in [1.82, 2.24) is 4.90 Å². The summed E-state index contributed by atoms with van der Waals surface area (Å²) < 4.78 is 0. The van der Waals surface area contributed by atoms with E-state index < -0.39 is 0 Å². The van der Waals surface area contributed by atoms with E-state index >= 15 is 0 Å². The molecule has 0 saturated heterocycles. The molecule has 8 heavy (non-hydrogen) atoms. The zero-order valence-electron chi connectivity index (χ0n) is 5.55. The number of hydrogen-bond acceptors (Lipinski definition) is 1. The van der Waals surface area contributed by atoms with Crippen molar-refractivity contribution >= 4 is 26.2 Å². The molecule has 0 aromatic heterocycles. The van der Waals surface area contributed by atoms with Crippen molar-refractivity contribution in [2.75, 3.05) is 26.8 Å². The molecule has 1 nitrogen and oxygen atoms in total. The van der Waals surface area contributed by atoms with Gasteiger partial charge in [0.25, 0.3) is 0 Å². The van der Waals surface area contributed by atoms with Gasteiger partial charge in [0.05, 0.1) is 0 Å². The molecule has 0 aromatic rings. The van der Waals surface area contributed by atoms with Gasteiger partial charge in [-0.3, -0.25) is 0 Å². The first-order valence-electron chi connectivity index (χ1n) is 2.62. The minimum Gasteiger partial charge on any atom is -0.309 e. The third-order valence-corrected chi connectivity index (χ3v) is 1.22. The fourth-order valence-electron chi connectivity index (χ4n) is 0.408. The minimum atomic E-state index is 0. The molecule has 0 saturated carbocycles. The fourth-order valence-corrected chi connectivity index (χ4v) is 0.590. The molecule has 0 heterocycles. The monoisotopic (exact) mass is 199 g/mol. The van der Waals surface area contributed by atoms with Crippen LogP contribution < -0.4 is 0 Å². The van der Waals surface area contributed by atoms with Crippen LogP contribution in [0.4, 0.5) is 0 Å². The lowest BCUT2D eigenvalue weighted by atomic mass is 10.5. The van der Waals surface area contributed by atoms with Gasteiger partial charge in [-0.05, 0) is 33.2 Å². The second kappa shape index (κ2) is 7.87. The van der Waals surface area contributed by atoms with Crippen LogP contribution in [-0.2, 0) is 0 Å². The maximum atomic E-state index is 2.72. The van der Waals surface area contributed by atoms with Crippen molar-refractivity contribution in [2.45, 2.75) is 6.42 Å². The van der Waals surface area contributed by atoms with Gasteiger partial charge >= 0.3 is 0 Å². The Kier molecular flexibility index (Phi) is 11.5. The largest absolute Gasteiger partial charge is 0.309 e. The molecular weight excluding hydrogens is 185 g/mol. The van der Waals surface area contributed by atoms with E-state index in [9.17, 15) is 0 Å². The van der Waals surface area contributed by atoms with Gasteiger partial charge in [-0.1, -0.05) is 0 Å². The highest BCUT2D eigenvalue weighted by Gasteiger charge is 1.83. The van der Waals surface area contributed by atoms with Gasteiger partial charge in [-0.15, -0.1) is 26.2 Å². The van der Waals surface area contributed by atoms with Crippen LogP contribution in [0, 0.1) is 0 Å². The highest BCUT2D eigenvalue weighted by Crippen LogP contribution is 1.87. The summed E-state index contributed by atoms with van der Waals surface area (Å²) in [4.78, 5) is 2.20. The molecule has 3 heteroatoms. The Balaban J connectivity index is 0. The molecule has 0 aromatic carbocycles. The molecule has 0 radical (unpaired) electrons. The van der Waals surface area contributed by atoms with Crippen molar-refractivity contribution in [2.24, 2.45) is 0 Å². The van der Waals surface area contributed by atoms with Crippen molar-refractivity contribution in [1.29, 1.82) is 0 Å². The SMILES string of the molecule is Br.CN(C)CCCP. The summed E-state index contributed by atoms with van der Waals surface area (Å²) in [5.41, 5.74) is 0. The van der Waals surface area contributed by atoms with E-state index in [1.54, 1.807) is 0 Å². The number of hydrogen-bond donors (Lipinski definition) is 0.